The van der Waals surface area contributed by atoms with E-state index in [2.05, 4.69) is 37.0 Å². The van der Waals surface area contributed by atoms with Gasteiger partial charge in [-0.2, -0.15) is 5.10 Å². The number of nitrogens with two attached hydrogens (primary N) is 1. The van der Waals surface area contributed by atoms with Crippen molar-refractivity contribution in [2.45, 2.75) is 6.04 Å². The molecule has 0 saturated carbocycles. The molecule has 1 aromatic heterocycles. The van der Waals surface area contributed by atoms with Crippen molar-refractivity contribution in [1.29, 1.82) is 0 Å². The number of hydrogen-bond donors (Lipinski definition) is 1. The lowest BCUT2D eigenvalue weighted by atomic mass is 10.0. The summed E-state index contributed by atoms with van der Waals surface area (Å²) in [6, 6.07) is 4.44. The van der Waals surface area contributed by atoms with Crippen molar-refractivity contribution in [3.63, 3.8) is 0 Å². The Kier molecular flexibility index (Phi) is 3.65. The lowest BCUT2D eigenvalue weighted by Crippen LogP contribution is -2.16. The topological polar surface area (TPSA) is 43.8 Å². The number of hydrogen-bond acceptors (Lipinski definition) is 2. The van der Waals surface area contributed by atoms with Gasteiger partial charge in [0.15, 0.2) is 0 Å². The summed E-state index contributed by atoms with van der Waals surface area (Å²) in [5.74, 6) is -0.323. The first kappa shape index (κ1) is 12.7. The van der Waals surface area contributed by atoms with Gasteiger partial charge in [0.05, 0.1) is 26.9 Å². The molecule has 90 valence electrons. The van der Waals surface area contributed by atoms with Gasteiger partial charge in [-0.25, -0.2) is 4.39 Å². The van der Waals surface area contributed by atoms with E-state index in [0.717, 1.165) is 10.2 Å². The molecular formula is C11H10Br2FN3. The molecule has 2 N–H and O–H groups in total. The summed E-state index contributed by atoms with van der Waals surface area (Å²) in [6.07, 6.45) is 1.67. The Hall–Kier alpha value is -0.720. The van der Waals surface area contributed by atoms with Crippen LogP contribution in [0.1, 0.15) is 17.3 Å². The van der Waals surface area contributed by atoms with Gasteiger partial charge < -0.3 is 5.73 Å². The Morgan fingerprint density at radius 3 is 2.59 bits per heavy atom. The minimum Gasteiger partial charge on any atom is -0.319 e. The lowest BCUT2D eigenvalue weighted by Gasteiger charge is -2.13. The SMILES string of the molecule is Cn1ncc(Br)c1C(N)c1ccc(Br)c(F)c1. The highest BCUT2D eigenvalue weighted by molar-refractivity contribution is 9.10. The molecule has 0 radical (unpaired) electrons. The molecule has 0 fully saturated rings. The normalized spacial score (nSPS) is 12.8. The summed E-state index contributed by atoms with van der Waals surface area (Å²) in [6.45, 7) is 0. The van der Waals surface area contributed by atoms with E-state index in [-0.39, 0.29) is 5.82 Å². The highest BCUT2D eigenvalue weighted by atomic mass is 79.9. The van der Waals surface area contributed by atoms with Gasteiger partial charge in [-0.15, -0.1) is 0 Å². The smallest absolute Gasteiger partial charge is 0.137 e. The van der Waals surface area contributed by atoms with E-state index in [1.165, 1.54) is 6.07 Å². The molecule has 0 spiro atoms. The quantitative estimate of drug-likeness (QED) is 0.891. The van der Waals surface area contributed by atoms with E-state index in [9.17, 15) is 4.39 Å². The van der Waals surface area contributed by atoms with Gasteiger partial charge in [0.1, 0.15) is 5.82 Å². The predicted molar refractivity (Wildman–Crippen MR) is 71.0 cm³/mol. The molecule has 0 aliphatic rings. The average Bonchev–Trinajstić information content (AvgIpc) is 2.62. The van der Waals surface area contributed by atoms with E-state index in [0.29, 0.717) is 10.0 Å². The first-order chi connectivity index (χ1) is 8.00. The van der Waals surface area contributed by atoms with E-state index in [4.69, 9.17) is 5.73 Å². The van der Waals surface area contributed by atoms with Crippen LogP contribution in [0.3, 0.4) is 0 Å². The first-order valence-electron chi connectivity index (χ1n) is 4.88. The van der Waals surface area contributed by atoms with Gasteiger partial charge in [0.25, 0.3) is 0 Å². The van der Waals surface area contributed by atoms with Crippen LogP contribution in [-0.2, 0) is 7.05 Å². The zero-order valence-electron chi connectivity index (χ0n) is 8.99. The fraction of sp³-hybridized carbons (Fsp3) is 0.182. The molecule has 2 aromatic rings. The molecule has 0 amide bonds. The molecule has 1 aromatic carbocycles. The Morgan fingerprint density at radius 2 is 2.06 bits per heavy atom. The number of aryl methyl sites for hydroxylation is 1. The third-order valence-electron chi connectivity index (χ3n) is 2.53. The van der Waals surface area contributed by atoms with Gasteiger partial charge in [-0.05, 0) is 49.6 Å². The third kappa shape index (κ3) is 2.43. The van der Waals surface area contributed by atoms with Crippen molar-refractivity contribution in [2.75, 3.05) is 0 Å². The molecule has 1 atom stereocenters. The van der Waals surface area contributed by atoms with Crippen LogP contribution in [0.25, 0.3) is 0 Å². The Morgan fingerprint density at radius 1 is 1.35 bits per heavy atom. The summed E-state index contributed by atoms with van der Waals surface area (Å²) in [4.78, 5) is 0. The van der Waals surface area contributed by atoms with Gasteiger partial charge in [0.2, 0.25) is 0 Å². The number of nitrogens with zero attached hydrogens (tertiary/aromatic N) is 2. The Bertz CT molecular complexity index is 534. The predicted octanol–water partition coefficient (Wildman–Crippen LogP) is 3.13. The van der Waals surface area contributed by atoms with E-state index in [1.54, 1.807) is 30.1 Å². The molecule has 0 bridgehead atoms. The van der Waals surface area contributed by atoms with Crippen molar-refractivity contribution >= 4 is 31.9 Å². The minimum absolute atomic E-state index is 0.323. The van der Waals surface area contributed by atoms with Crippen LogP contribution < -0.4 is 5.73 Å². The highest BCUT2D eigenvalue weighted by Crippen LogP contribution is 2.28. The fourth-order valence-corrected chi connectivity index (χ4v) is 2.48. The van der Waals surface area contributed by atoms with Crippen molar-refractivity contribution in [2.24, 2.45) is 12.8 Å². The van der Waals surface area contributed by atoms with Crippen LogP contribution in [0.2, 0.25) is 0 Å². The molecular weight excluding hydrogens is 353 g/mol. The van der Waals surface area contributed by atoms with Gasteiger partial charge >= 0.3 is 0 Å². The molecule has 6 heteroatoms. The maximum atomic E-state index is 13.4. The highest BCUT2D eigenvalue weighted by Gasteiger charge is 2.17. The van der Waals surface area contributed by atoms with Crippen LogP contribution in [0, 0.1) is 5.82 Å². The van der Waals surface area contributed by atoms with E-state index in [1.807, 2.05) is 0 Å². The molecule has 3 nitrogen and oxygen atoms in total. The van der Waals surface area contributed by atoms with Crippen molar-refractivity contribution in [3.8, 4) is 0 Å². The van der Waals surface area contributed by atoms with Crippen LogP contribution in [0.15, 0.2) is 33.3 Å². The largest absolute Gasteiger partial charge is 0.319 e. The molecule has 0 aliphatic heterocycles. The van der Waals surface area contributed by atoms with Crippen LogP contribution >= 0.6 is 31.9 Å². The number of benzene rings is 1. The number of aromatic nitrogens is 2. The zero-order valence-corrected chi connectivity index (χ0v) is 12.2. The average molecular weight is 363 g/mol. The standard InChI is InChI=1S/C11H10Br2FN3/c1-17-11(8(13)5-16-17)10(15)6-2-3-7(12)9(14)4-6/h2-5,10H,15H2,1H3. The van der Waals surface area contributed by atoms with Gasteiger partial charge in [-0.1, -0.05) is 6.07 Å². The Balaban J connectivity index is 2.43. The second kappa shape index (κ2) is 4.88. The number of halogens is 3. The zero-order chi connectivity index (χ0) is 12.6. The lowest BCUT2D eigenvalue weighted by molar-refractivity contribution is 0.613. The minimum atomic E-state index is -0.417. The monoisotopic (exact) mass is 361 g/mol. The summed E-state index contributed by atoms with van der Waals surface area (Å²) in [7, 11) is 1.80. The molecule has 2 rings (SSSR count). The van der Waals surface area contributed by atoms with Crippen LogP contribution in [0.5, 0.6) is 0 Å². The maximum absolute atomic E-state index is 13.4. The van der Waals surface area contributed by atoms with E-state index < -0.39 is 6.04 Å². The molecule has 1 unspecified atom stereocenters. The summed E-state index contributed by atoms with van der Waals surface area (Å²) >= 11 is 6.50. The summed E-state index contributed by atoms with van der Waals surface area (Å²) in [5, 5.41) is 4.09. The van der Waals surface area contributed by atoms with Crippen LogP contribution in [0.4, 0.5) is 4.39 Å². The fourth-order valence-electron chi connectivity index (χ4n) is 1.63. The molecule has 17 heavy (non-hydrogen) atoms. The second-order valence-corrected chi connectivity index (χ2v) is 5.36. The van der Waals surface area contributed by atoms with Gasteiger partial charge in [0, 0.05) is 7.05 Å². The third-order valence-corrected chi connectivity index (χ3v) is 3.79. The van der Waals surface area contributed by atoms with Crippen molar-refractivity contribution in [1.82, 2.24) is 9.78 Å². The summed E-state index contributed by atoms with van der Waals surface area (Å²) < 4.78 is 16.4. The first-order valence-corrected chi connectivity index (χ1v) is 6.47. The van der Waals surface area contributed by atoms with Crippen molar-refractivity contribution < 1.29 is 4.39 Å². The Labute approximate surface area is 115 Å². The number of rotatable bonds is 2. The second-order valence-electron chi connectivity index (χ2n) is 3.65. The van der Waals surface area contributed by atoms with Gasteiger partial charge in [-0.3, -0.25) is 4.68 Å². The summed E-state index contributed by atoms with van der Waals surface area (Å²) in [5.41, 5.74) is 7.62. The van der Waals surface area contributed by atoms with E-state index >= 15 is 0 Å². The molecule has 0 aliphatic carbocycles. The maximum Gasteiger partial charge on any atom is 0.137 e. The van der Waals surface area contributed by atoms with Crippen LogP contribution in [-0.4, -0.2) is 9.78 Å². The molecule has 1 heterocycles. The van der Waals surface area contributed by atoms with Crippen molar-refractivity contribution in [3.05, 3.63) is 50.4 Å². The molecule has 0 saturated heterocycles.